The minimum atomic E-state index is -1.65. The number of hydrogen-bond acceptors (Lipinski definition) is 0. The van der Waals surface area contributed by atoms with Gasteiger partial charge in [-0.3, -0.25) is 0 Å². The first kappa shape index (κ1) is 10.4. The van der Waals surface area contributed by atoms with E-state index < -0.39 is 22.5 Å². The molecule has 0 fully saturated rings. The largest absolute Gasteiger partial charge is 0.203 e. The zero-order valence-corrected chi connectivity index (χ0v) is 7.69. The topological polar surface area (TPSA) is 0 Å². The summed E-state index contributed by atoms with van der Waals surface area (Å²) in [5.74, 6) is -4.53. The molecule has 0 aliphatic carbocycles. The van der Waals surface area contributed by atoms with Crippen LogP contribution in [0.5, 0.6) is 0 Å². The second-order valence-corrected chi connectivity index (χ2v) is 2.94. The number of rotatable bonds is 1. The smallest absolute Gasteiger partial charge is 0.196 e. The summed E-state index contributed by atoms with van der Waals surface area (Å²) in [5.41, 5.74) is -0.342. The van der Waals surface area contributed by atoms with Crippen LogP contribution in [0.4, 0.5) is 13.2 Å². The third kappa shape index (κ3) is 1.54. The van der Waals surface area contributed by atoms with Gasteiger partial charge in [-0.05, 0) is 0 Å². The summed E-state index contributed by atoms with van der Waals surface area (Å²) in [6.45, 7) is 3.19. The van der Waals surface area contributed by atoms with Crippen LogP contribution in [0.1, 0.15) is 5.56 Å². The zero-order chi connectivity index (χ0) is 10.2. The molecule has 13 heavy (non-hydrogen) atoms. The lowest BCUT2D eigenvalue weighted by atomic mass is 10.2. The first-order chi connectivity index (χ1) is 6.00. The molecule has 1 aromatic rings. The van der Waals surface area contributed by atoms with Crippen LogP contribution in [-0.4, -0.2) is 0 Å². The van der Waals surface area contributed by atoms with Crippen molar-refractivity contribution < 1.29 is 13.2 Å². The van der Waals surface area contributed by atoms with Crippen molar-refractivity contribution in [2.45, 2.75) is 0 Å². The highest BCUT2D eigenvalue weighted by Crippen LogP contribution is 2.33. The second-order valence-electron chi connectivity index (χ2n) is 2.19. The SMILES string of the molecule is C=Cc1c(F)c(F)c(F)c(Cl)c1Cl. The Kier molecular flexibility index (Phi) is 2.88. The maximum atomic E-state index is 12.9. The quantitative estimate of drug-likeness (QED) is 0.501. The lowest BCUT2D eigenvalue weighted by Crippen LogP contribution is -1.96. The Bertz CT molecular complexity index is 345. The van der Waals surface area contributed by atoms with Gasteiger partial charge in [-0.15, -0.1) is 0 Å². The summed E-state index contributed by atoms with van der Waals surface area (Å²) in [7, 11) is 0. The molecule has 0 nitrogen and oxygen atoms in total. The van der Waals surface area contributed by atoms with E-state index in [9.17, 15) is 13.2 Å². The normalized spacial score (nSPS) is 10.2. The molecule has 1 rings (SSSR count). The van der Waals surface area contributed by atoms with E-state index in [1.165, 1.54) is 0 Å². The summed E-state index contributed by atoms with van der Waals surface area (Å²) in [6, 6.07) is 0. The fraction of sp³-hybridized carbons (Fsp3) is 0. The van der Waals surface area contributed by atoms with Crippen molar-refractivity contribution in [3.8, 4) is 0 Å². The average Bonchev–Trinajstić information content (AvgIpc) is 2.13. The van der Waals surface area contributed by atoms with Crippen LogP contribution in [0.3, 0.4) is 0 Å². The van der Waals surface area contributed by atoms with Gasteiger partial charge in [0.25, 0.3) is 0 Å². The van der Waals surface area contributed by atoms with Crippen molar-refractivity contribution in [1.82, 2.24) is 0 Å². The van der Waals surface area contributed by atoms with Crippen molar-refractivity contribution in [1.29, 1.82) is 0 Å². The number of hydrogen-bond donors (Lipinski definition) is 0. The van der Waals surface area contributed by atoms with Crippen LogP contribution in [0.25, 0.3) is 6.08 Å². The van der Waals surface area contributed by atoms with Gasteiger partial charge in [0.05, 0.1) is 10.0 Å². The van der Waals surface area contributed by atoms with Gasteiger partial charge in [0.1, 0.15) is 0 Å². The van der Waals surface area contributed by atoms with Gasteiger partial charge >= 0.3 is 0 Å². The van der Waals surface area contributed by atoms with Gasteiger partial charge in [-0.25, -0.2) is 13.2 Å². The lowest BCUT2D eigenvalue weighted by molar-refractivity contribution is 0.446. The summed E-state index contributed by atoms with van der Waals surface area (Å²) >= 11 is 10.7. The molecule has 0 aromatic heterocycles. The first-order valence-electron chi connectivity index (χ1n) is 3.14. The Hall–Kier alpha value is -0.670. The summed E-state index contributed by atoms with van der Waals surface area (Å²) in [4.78, 5) is 0. The van der Waals surface area contributed by atoms with E-state index in [0.29, 0.717) is 0 Å². The van der Waals surface area contributed by atoms with E-state index in [0.717, 1.165) is 6.08 Å². The highest BCUT2D eigenvalue weighted by atomic mass is 35.5. The predicted octanol–water partition coefficient (Wildman–Crippen LogP) is 4.05. The Balaban J connectivity index is 3.66. The fourth-order valence-electron chi connectivity index (χ4n) is 0.801. The molecule has 0 amide bonds. The number of halogens is 5. The van der Waals surface area contributed by atoms with E-state index >= 15 is 0 Å². The van der Waals surface area contributed by atoms with Crippen LogP contribution < -0.4 is 0 Å². The van der Waals surface area contributed by atoms with Gasteiger partial charge < -0.3 is 0 Å². The molecule has 0 unspecified atom stereocenters. The van der Waals surface area contributed by atoms with E-state index in [1.54, 1.807) is 0 Å². The minimum absolute atomic E-state index is 0.342. The molecule has 0 spiro atoms. The molecule has 0 N–H and O–H groups in total. The lowest BCUT2D eigenvalue weighted by Gasteiger charge is -2.05. The highest BCUT2D eigenvalue weighted by molar-refractivity contribution is 6.43. The Morgan fingerprint density at radius 1 is 0.923 bits per heavy atom. The molecule has 5 heteroatoms. The summed E-state index contributed by atoms with van der Waals surface area (Å²) in [6.07, 6.45) is 0.964. The van der Waals surface area contributed by atoms with Crippen molar-refractivity contribution >= 4 is 29.3 Å². The molecule has 0 atom stereocenters. The third-order valence-electron chi connectivity index (χ3n) is 1.45. The molecular weight excluding hydrogens is 224 g/mol. The Labute approximate surface area is 82.6 Å². The van der Waals surface area contributed by atoms with Gasteiger partial charge in [0.15, 0.2) is 17.5 Å². The van der Waals surface area contributed by atoms with Gasteiger partial charge in [0, 0.05) is 5.56 Å². The third-order valence-corrected chi connectivity index (χ3v) is 2.29. The molecule has 0 saturated carbocycles. The van der Waals surface area contributed by atoms with Crippen molar-refractivity contribution in [2.75, 3.05) is 0 Å². The standard InChI is InChI=1S/C8H3Cl2F3/c1-2-3-4(9)5(10)7(12)8(13)6(3)11/h2H,1H2. The molecule has 0 aliphatic rings. The van der Waals surface area contributed by atoms with E-state index in [2.05, 4.69) is 6.58 Å². The van der Waals surface area contributed by atoms with Crippen LogP contribution >= 0.6 is 23.2 Å². The summed E-state index contributed by atoms with van der Waals surface area (Å²) in [5, 5.41) is -1.02. The molecule has 0 bridgehead atoms. The number of benzene rings is 1. The fourth-order valence-corrected chi connectivity index (χ4v) is 1.23. The monoisotopic (exact) mass is 226 g/mol. The van der Waals surface area contributed by atoms with Gasteiger partial charge in [-0.1, -0.05) is 35.9 Å². The van der Waals surface area contributed by atoms with E-state index in [1.807, 2.05) is 0 Å². The Morgan fingerprint density at radius 2 is 1.46 bits per heavy atom. The minimum Gasteiger partial charge on any atom is -0.203 e. The zero-order valence-electron chi connectivity index (χ0n) is 6.17. The van der Waals surface area contributed by atoms with Gasteiger partial charge in [0.2, 0.25) is 0 Å². The maximum absolute atomic E-state index is 12.9. The van der Waals surface area contributed by atoms with Crippen LogP contribution in [0.2, 0.25) is 10.0 Å². The maximum Gasteiger partial charge on any atom is 0.196 e. The van der Waals surface area contributed by atoms with Crippen molar-refractivity contribution in [3.63, 3.8) is 0 Å². The Morgan fingerprint density at radius 3 is 1.92 bits per heavy atom. The molecule has 0 aliphatic heterocycles. The van der Waals surface area contributed by atoms with Crippen LogP contribution in [0.15, 0.2) is 6.58 Å². The van der Waals surface area contributed by atoms with E-state index in [-0.39, 0.29) is 10.6 Å². The average molecular weight is 227 g/mol. The van der Waals surface area contributed by atoms with Crippen LogP contribution in [0, 0.1) is 17.5 Å². The summed E-state index contributed by atoms with van der Waals surface area (Å²) < 4.78 is 38.3. The molecular formula is C8H3Cl2F3. The van der Waals surface area contributed by atoms with Crippen molar-refractivity contribution in [3.05, 3.63) is 39.6 Å². The molecule has 1 aromatic carbocycles. The van der Waals surface area contributed by atoms with E-state index in [4.69, 9.17) is 23.2 Å². The predicted molar refractivity (Wildman–Crippen MR) is 46.4 cm³/mol. The first-order valence-corrected chi connectivity index (χ1v) is 3.90. The van der Waals surface area contributed by atoms with Crippen LogP contribution in [-0.2, 0) is 0 Å². The second kappa shape index (κ2) is 3.60. The molecule has 0 saturated heterocycles. The van der Waals surface area contributed by atoms with Crippen molar-refractivity contribution in [2.24, 2.45) is 0 Å². The molecule has 70 valence electrons. The molecule has 0 heterocycles. The highest BCUT2D eigenvalue weighted by Gasteiger charge is 2.20. The van der Waals surface area contributed by atoms with Gasteiger partial charge in [-0.2, -0.15) is 0 Å². The molecule has 0 radical (unpaired) electrons.